The molecule has 2 heterocycles. The van der Waals surface area contributed by atoms with Crippen LogP contribution in [-0.2, 0) is 14.2 Å². The third-order valence-electron chi connectivity index (χ3n) is 4.14. The van der Waals surface area contributed by atoms with E-state index in [1.165, 1.54) is 0 Å². The van der Waals surface area contributed by atoms with Crippen molar-refractivity contribution in [1.82, 2.24) is 9.80 Å². The van der Waals surface area contributed by atoms with Crippen molar-refractivity contribution >= 4 is 0 Å². The van der Waals surface area contributed by atoms with E-state index in [-0.39, 0.29) is 0 Å². The summed E-state index contributed by atoms with van der Waals surface area (Å²) < 4.78 is 17.1. The molecule has 2 rings (SSSR count). The summed E-state index contributed by atoms with van der Waals surface area (Å²) in [4.78, 5) is 4.78. The molecule has 0 bridgehead atoms. The van der Waals surface area contributed by atoms with Crippen LogP contribution >= 0.6 is 0 Å². The molecular formula is C15H30N2O3. The van der Waals surface area contributed by atoms with Crippen LogP contribution in [0.1, 0.15) is 20.3 Å². The van der Waals surface area contributed by atoms with Gasteiger partial charge in [0, 0.05) is 32.2 Å². The van der Waals surface area contributed by atoms with E-state index in [0.717, 1.165) is 59.0 Å². The third kappa shape index (κ3) is 5.30. The van der Waals surface area contributed by atoms with Crippen molar-refractivity contribution in [2.75, 3.05) is 59.7 Å². The molecule has 2 aliphatic rings. The summed E-state index contributed by atoms with van der Waals surface area (Å²) in [5, 5.41) is 0. The molecule has 0 amide bonds. The Morgan fingerprint density at radius 1 is 1.25 bits per heavy atom. The van der Waals surface area contributed by atoms with Crippen molar-refractivity contribution in [1.29, 1.82) is 0 Å². The Labute approximate surface area is 123 Å². The first kappa shape index (κ1) is 16.2. The lowest BCUT2D eigenvalue weighted by atomic mass is 10.2. The second kappa shape index (κ2) is 8.29. The molecule has 0 saturated carbocycles. The minimum absolute atomic E-state index is 0.310. The van der Waals surface area contributed by atoms with Gasteiger partial charge in [0.25, 0.3) is 0 Å². The summed E-state index contributed by atoms with van der Waals surface area (Å²) in [5.41, 5.74) is 0. The van der Waals surface area contributed by atoms with Crippen LogP contribution < -0.4 is 0 Å². The second-order valence-corrected chi connectivity index (χ2v) is 6.16. The van der Waals surface area contributed by atoms with Gasteiger partial charge >= 0.3 is 0 Å². The first-order valence-electron chi connectivity index (χ1n) is 7.88. The van der Waals surface area contributed by atoms with Gasteiger partial charge in [0.2, 0.25) is 0 Å². The van der Waals surface area contributed by atoms with E-state index in [1.54, 1.807) is 0 Å². The summed E-state index contributed by atoms with van der Waals surface area (Å²) in [7, 11) is 2.17. The van der Waals surface area contributed by atoms with Crippen molar-refractivity contribution in [3.8, 4) is 0 Å². The van der Waals surface area contributed by atoms with Gasteiger partial charge in [-0.25, -0.2) is 0 Å². The predicted molar refractivity (Wildman–Crippen MR) is 79.1 cm³/mol. The molecule has 0 N–H and O–H groups in total. The van der Waals surface area contributed by atoms with Crippen molar-refractivity contribution < 1.29 is 14.2 Å². The summed E-state index contributed by atoms with van der Waals surface area (Å²) in [5.74, 6) is 0. The number of nitrogens with zero attached hydrogens (tertiary/aromatic N) is 2. The zero-order valence-corrected chi connectivity index (χ0v) is 13.2. The average Bonchev–Trinajstić information content (AvgIpc) is 2.78. The first-order chi connectivity index (χ1) is 9.65. The van der Waals surface area contributed by atoms with Gasteiger partial charge in [0.1, 0.15) is 0 Å². The largest absolute Gasteiger partial charge is 0.379 e. The van der Waals surface area contributed by atoms with E-state index >= 15 is 0 Å². The lowest BCUT2D eigenvalue weighted by molar-refractivity contribution is 0.00400. The Balaban J connectivity index is 1.59. The standard InChI is InChI=1S/C15H30N2O3/c1-13(2)20-12-14-10-15(11-16(14)3)19-9-6-17-4-7-18-8-5-17/h13-15H,4-12H2,1-3H3/t14-,15+/m0/s1. The van der Waals surface area contributed by atoms with E-state index < -0.39 is 0 Å². The second-order valence-electron chi connectivity index (χ2n) is 6.16. The van der Waals surface area contributed by atoms with E-state index in [4.69, 9.17) is 14.2 Å². The summed E-state index contributed by atoms with van der Waals surface area (Å²) in [6.45, 7) is 11.7. The molecule has 20 heavy (non-hydrogen) atoms. The molecule has 2 saturated heterocycles. The molecule has 2 atom stereocenters. The Morgan fingerprint density at radius 2 is 2.00 bits per heavy atom. The molecular weight excluding hydrogens is 256 g/mol. The van der Waals surface area contributed by atoms with Crippen LogP contribution in [0.15, 0.2) is 0 Å². The summed E-state index contributed by atoms with van der Waals surface area (Å²) in [6, 6.07) is 0.505. The van der Waals surface area contributed by atoms with Crippen molar-refractivity contribution in [3.05, 3.63) is 0 Å². The molecule has 0 aliphatic carbocycles. The minimum Gasteiger partial charge on any atom is -0.379 e. The van der Waals surface area contributed by atoms with E-state index in [0.29, 0.717) is 18.2 Å². The van der Waals surface area contributed by atoms with Crippen LogP contribution in [0.2, 0.25) is 0 Å². The number of likely N-dealkylation sites (N-methyl/N-ethyl adjacent to an activating group) is 1. The fourth-order valence-electron chi connectivity index (χ4n) is 2.82. The van der Waals surface area contributed by atoms with Gasteiger partial charge in [-0.05, 0) is 27.3 Å². The van der Waals surface area contributed by atoms with Gasteiger partial charge < -0.3 is 14.2 Å². The minimum atomic E-state index is 0.310. The maximum absolute atomic E-state index is 6.03. The normalized spacial score (nSPS) is 29.4. The molecule has 0 aromatic rings. The molecule has 2 fully saturated rings. The molecule has 118 valence electrons. The fourth-order valence-corrected chi connectivity index (χ4v) is 2.82. The zero-order chi connectivity index (χ0) is 14.4. The van der Waals surface area contributed by atoms with Crippen molar-refractivity contribution in [3.63, 3.8) is 0 Å². The maximum Gasteiger partial charge on any atom is 0.0718 e. The van der Waals surface area contributed by atoms with Gasteiger partial charge in [-0.15, -0.1) is 0 Å². The monoisotopic (exact) mass is 286 g/mol. The van der Waals surface area contributed by atoms with E-state index in [9.17, 15) is 0 Å². The smallest absolute Gasteiger partial charge is 0.0718 e. The highest BCUT2D eigenvalue weighted by atomic mass is 16.5. The summed E-state index contributed by atoms with van der Waals surface area (Å²) >= 11 is 0. The van der Waals surface area contributed by atoms with Gasteiger partial charge in [0.15, 0.2) is 0 Å². The SMILES string of the molecule is CC(C)OC[C@@H]1C[C@@H](OCCN2CCOCC2)CN1C. The number of likely N-dealkylation sites (tertiary alicyclic amines) is 1. The molecule has 5 nitrogen and oxygen atoms in total. The Kier molecular flexibility index (Phi) is 6.71. The van der Waals surface area contributed by atoms with Gasteiger partial charge in [-0.1, -0.05) is 0 Å². The highest BCUT2D eigenvalue weighted by molar-refractivity contribution is 4.84. The maximum atomic E-state index is 6.03. The van der Waals surface area contributed by atoms with Crippen LogP contribution in [0.5, 0.6) is 0 Å². The van der Waals surface area contributed by atoms with Crippen LogP contribution in [0, 0.1) is 0 Å². The van der Waals surface area contributed by atoms with E-state index in [1.807, 2.05) is 0 Å². The number of ether oxygens (including phenoxy) is 3. The van der Waals surface area contributed by atoms with Crippen molar-refractivity contribution in [2.24, 2.45) is 0 Å². The lowest BCUT2D eigenvalue weighted by Crippen LogP contribution is -2.38. The average molecular weight is 286 g/mol. The molecule has 2 aliphatic heterocycles. The van der Waals surface area contributed by atoms with Gasteiger partial charge in [-0.3, -0.25) is 9.80 Å². The number of hydrogen-bond donors (Lipinski definition) is 0. The Bertz CT molecular complexity index is 270. The third-order valence-corrected chi connectivity index (χ3v) is 4.14. The topological polar surface area (TPSA) is 34.2 Å². The quantitative estimate of drug-likeness (QED) is 0.692. The molecule has 0 aromatic heterocycles. The molecule has 0 radical (unpaired) electrons. The number of hydrogen-bond acceptors (Lipinski definition) is 5. The van der Waals surface area contributed by atoms with Gasteiger partial charge in [0.05, 0.1) is 38.6 Å². The molecule has 0 unspecified atom stereocenters. The lowest BCUT2D eigenvalue weighted by Gasteiger charge is -2.26. The highest BCUT2D eigenvalue weighted by Crippen LogP contribution is 2.19. The van der Waals surface area contributed by atoms with Crippen LogP contribution in [0.25, 0.3) is 0 Å². The molecule has 0 spiro atoms. The van der Waals surface area contributed by atoms with Crippen LogP contribution in [0.4, 0.5) is 0 Å². The zero-order valence-electron chi connectivity index (χ0n) is 13.2. The predicted octanol–water partition coefficient (Wildman–Crippen LogP) is 0.833. The Morgan fingerprint density at radius 3 is 2.70 bits per heavy atom. The van der Waals surface area contributed by atoms with Crippen LogP contribution in [0.3, 0.4) is 0 Å². The number of morpholine rings is 1. The van der Waals surface area contributed by atoms with Crippen molar-refractivity contribution in [2.45, 2.75) is 38.5 Å². The number of rotatable bonds is 7. The molecule has 0 aromatic carbocycles. The summed E-state index contributed by atoms with van der Waals surface area (Å²) in [6.07, 6.45) is 1.76. The molecule has 5 heteroatoms. The van der Waals surface area contributed by atoms with Crippen LogP contribution in [-0.4, -0.2) is 87.7 Å². The van der Waals surface area contributed by atoms with Gasteiger partial charge in [-0.2, -0.15) is 0 Å². The van der Waals surface area contributed by atoms with E-state index in [2.05, 4.69) is 30.7 Å². The highest BCUT2D eigenvalue weighted by Gasteiger charge is 2.30. The Hall–Kier alpha value is -0.200. The fraction of sp³-hybridized carbons (Fsp3) is 1.00. The first-order valence-corrected chi connectivity index (χ1v) is 7.88.